The van der Waals surface area contributed by atoms with Crippen LogP contribution in [0.15, 0.2) is 18.2 Å². The van der Waals surface area contributed by atoms with Gasteiger partial charge in [0.15, 0.2) is 0 Å². The Morgan fingerprint density at radius 3 is 2.58 bits per heavy atom. The van der Waals surface area contributed by atoms with E-state index >= 15 is 0 Å². The van der Waals surface area contributed by atoms with Crippen molar-refractivity contribution in [1.29, 1.82) is 0 Å². The molecule has 0 bridgehead atoms. The van der Waals surface area contributed by atoms with Gasteiger partial charge in [0, 0.05) is 29.6 Å². The number of rotatable bonds is 5. The number of halogens is 1. The molecular weight excluding hydrogens is 264 g/mol. The molecule has 1 aromatic carbocycles. The van der Waals surface area contributed by atoms with E-state index < -0.39 is 0 Å². The Labute approximate surface area is 118 Å². The minimum absolute atomic E-state index is 0.0599. The zero-order valence-corrected chi connectivity index (χ0v) is 12.2. The van der Waals surface area contributed by atoms with Crippen LogP contribution in [0, 0.1) is 12.8 Å². The Morgan fingerprint density at radius 2 is 2.00 bits per heavy atom. The van der Waals surface area contributed by atoms with Crippen LogP contribution in [0.5, 0.6) is 0 Å². The van der Waals surface area contributed by atoms with Gasteiger partial charge in [-0.25, -0.2) is 0 Å². The smallest absolute Gasteiger partial charge is 0.228 e. The molecule has 2 amide bonds. The average molecular weight is 283 g/mol. The van der Waals surface area contributed by atoms with Crippen LogP contribution in [-0.4, -0.2) is 17.7 Å². The van der Waals surface area contributed by atoms with Crippen LogP contribution in [0.4, 0.5) is 11.4 Å². The third-order valence-corrected chi connectivity index (χ3v) is 3.24. The molecule has 0 spiro atoms. The number of anilines is 2. The van der Waals surface area contributed by atoms with Crippen LogP contribution in [0.2, 0.25) is 0 Å². The maximum Gasteiger partial charge on any atom is 0.228 e. The van der Waals surface area contributed by atoms with Crippen molar-refractivity contribution in [2.45, 2.75) is 27.2 Å². The fraction of sp³-hybridized carbons (Fsp3) is 0.429. The molecular formula is C14H19ClN2O2. The lowest BCUT2D eigenvalue weighted by Gasteiger charge is -2.13. The quantitative estimate of drug-likeness (QED) is 0.815. The molecule has 0 fully saturated rings. The SMILES string of the molecule is CCC(=O)Nc1ccc(C)c(NC(=O)C(C)CCl)c1. The molecule has 104 valence electrons. The molecule has 1 rings (SSSR count). The third-order valence-electron chi connectivity index (χ3n) is 2.78. The van der Waals surface area contributed by atoms with Gasteiger partial charge in [-0.2, -0.15) is 0 Å². The molecule has 4 nitrogen and oxygen atoms in total. The molecule has 0 saturated carbocycles. The first kappa shape index (κ1) is 15.5. The highest BCUT2D eigenvalue weighted by atomic mass is 35.5. The van der Waals surface area contributed by atoms with Crippen molar-refractivity contribution in [3.05, 3.63) is 23.8 Å². The highest BCUT2D eigenvalue weighted by Gasteiger charge is 2.13. The summed E-state index contributed by atoms with van der Waals surface area (Å²) in [6, 6.07) is 5.41. The van der Waals surface area contributed by atoms with Gasteiger partial charge in [0.25, 0.3) is 0 Å². The summed E-state index contributed by atoms with van der Waals surface area (Å²) in [6.07, 6.45) is 0.416. The minimum Gasteiger partial charge on any atom is -0.326 e. The second kappa shape index (κ2) is 7.14. The summed E-state index contributed by atoms with van der Waals surface area (Å²) in [5.74, 6) is -0.167. The van der Waals surface area contributed by atoms with Crippen molar-refractivity contribution >= 4 is 34.8 Å². The molecule has 1 aromatic rings. The van der Waals surface area contributed by atoms with Gasteiger partial charge in [0.1, 0.15) is 0 Å². The van der Waals surface area contributed by atoms with Crippen molar-refractivity contribution in [2.75, 3.05) is 16.5 Å². The van der Waals surface area contributed by atoms with E-state index in [4.69, 9.17) is 11.6 Å². The Morgan fingerprint density at radius 1 is 1.32 bits per heavy atom. The van der Waals surface area contributed by atoms with Gasteiger partial charge >= 0.3 is 0 Å². The number of benzene rings is 1. The second-order valence-corrected chi connectivity index (χ2v) is 4.78. The van der Waals surface area contributed by atoms with E-state index in [-0.39, 0.29) is 23.6 Å². The van der Waals surface area contributed by atoms with Crippen LogP contribution in [0.3, 0.4) is 0 Å². The van der Waals surface area contributed by atoms with Crippen LogP contribution in [0.25, 0.3) is 0 Å². The predicted octanol–water partition coefficient (Wildman–Crippen LogP) is 3.16. The average Bonchev–Trinajstić information content (AvgIpc) is 2.41. The van der Waals surface area contributed by atoms with E-state index in [2.05, 4.69) is 10.6 Å². The Balaban J connectivity index is 2.85. The van der Waals surface area contributed by atoms with Gasteiger partial charge in [0.05, 0.1) is 0 Å². The highest BCUT2D eigenvalue weighted by molar-refractivity contribution is 6.19. The van der Waals surface area contributed by atoms with Gasteiger partial charge in [0.2, 0.25) is 11.8 Å². The molecule has 5 heteroatoms. The minimum atomic E-state index is -0.255. The first-order valence-electron chi connectivity index (χ1n) is 6.25. The largest absolute Gasteiger partial charge is 0.326 e. The zero-order valence-electron chi connectivity index (χ0n) is 11.4. The maximum absolute atomic E-state index is 11.8. The molecule has 0 radical (unpaired) electrons. The first-order valence-corrected chi connectivity index (χ1v) is 6.78. The Hall–Kier alpha value is -1.55. The normalized spacial score (nSPS) is 11.8. The predicted molar refractivity (Wildman–Crippen MR) is 78.6 cm³/mol. The fourth-order valence-corrected chi connectivity index (χ4v) is 1.55. The lowest BCUT2D eigenvalue weighted by molar-refractivity contribution is -0.119. The van der Waals surface area contributed by atoms with Crippen LogP contribution in [0.1, 0.15) is 25.8 Å². The number of nitrogens with one attached hydrogen (secondary N) is 2. The number of carbonyl (C=O) groups is 2. The van der Waals surface area contributed by atoms with E-state index in [9.17, 15) is 9.59 Å². The number of hydrogen-bond acceptors (Lipinski definition) is 2. The zero-order chi connectivity index (χ0) is 14.4. The van der Waals surface area contributed by atoms with Gasteiger partial charge in [-0.3, -0.25) is 9.59 Å². The summed E-state index contributed by atoms with van der Waals surface area (Å²) in [7, 11) is 0. The van der Waals surface area contributed by atoms with E-state index in [1.54, 1.807) is 19.9 Å². The fourth-order valence-electron chi connectivity index (χ4n) is 1.41. The summed E-state index contributed by atoms with van der Waals surface area (Å²) < 4.78 is 0. The van der Waals surface area contributed by atoms with Gasteiger partial charge < -0.3 is 10.6 Å². The maximum atomic E-state index is 11.8. The van der Waals surface area contributed by atoms with E-state index in [1.807, 2.05) is 19.1 Å². The molecule has 0 aliphatic heterocycles. The van der Waals surface area contributed by atoms with E-state index in [1.165, 1.54) is 0 Å². The van der Waals surface area contributed by atoms with Gasteiger partial charge in [-0.1, -0.05) is 19.9 Å². The van der Waals surface area contributed by atoms with Crippen molar-refractivity contribution in [3.8, 4) is 0 Å². The van der Waals surface area contributed by atoms with Crippen molar-refractivity contribution in [3.63, 3.8) is 0 Å². The Kier molecular flexibility index (Phi) is 5.83. The van der Waals surface area contributed by atoms with Gasteiger partial charge in [-0.05, 0) is 24.6 Å². The van der Waals surface area contributed by atoms with Gasteiger partial charge in [-0.15, -0.1) is 11.6 Å². The number of hydrogen-bond donors (Lipinski definition) is 2. The molecule has 0 aliphatic rings. The molecule has 0 aromatic heterocycles. The molecule has 19 heavy (non-hydrogen) atoms. The monoisotopic (exact) mass is 282 g/mol. The first-order chi connectivity index (χ1) is 8.97. The number of amides is 2. The standard InChI is InChI=1S/C14H19ClN2O2/c1-4-13(18)16-11-6-5-9(2)12(7-11)17-14(19)10(3)8-15/h5-7,10H,4,8H2,1-3H3,(H,16,18)(H,17,19). The van der Waals surface area contributed by atoms with Crippen molar-refractivity contribution < 1.29 is 9.59 Å². The number of carbonyl (C=O) groups excluding carboxylic acids is 2. The van der Waals surface area contributed by atoms with Crippen LogP contribution >= 0.6 is 11.6 Å². The lowest BCUT2D eigenvalue weighted by Crippen LogP contribution is -2.22. The summed E-state index contributed by atoms with van der Waals surface area (Å²) in [5.41, 5.74) is 2.30. The molecule has 0 aliphatic carbocycles. The lowest BCUT2D eigenvalue weighted by atomic mass is 10.1. The summed E-state index contributed by atoms with van der Waals surface area (Å²) >= 11 is 5.65. The van der Waals surface area contributed by atoms with E-state index in [0.717, 1.165) is 5.56 Å². The molecule has 0 heterocycles. The highest BCUT2D eigenvalue weighted by Crippen LogP contribution is 2.21. The Bertz CT molecular complexity index is 475. The van der Waals surface area contributed by atoms with Crippen LogP contribution in [-0.2, 0) is 9.59 Å². The van der Waals surface area contributed by atoms with Crippen molar-refractivity contribution in [2.24, 2.45) is 5.92 Å². The summed E-state index contributed by atoms with van der Waals surface area (Å²) in [6.45, 7) is 5.45. The molecule has 1 atom stereocenters. The second-order valence-electron chi connectivity index (χ2n) is 4.48. The third kappa shape index (κ3) is 4.56. The summed E-state index contributed by atoms with van der Waals surface area (Å²) in [5, 5.41) is 5.58. The van der Waals surface area contributed by atoms with Crippen LogP contribution < -0.4 is 10.6 Å². The number of aryl methyl sites for hydroxylation is 1. The van der Waals surface area contributed by atoms with E-state index in [0.29, 0.717) is 17.8 Å². The molecule has 0 saturated heterocycles. The topological polar surface area (TPSA) is 58.2 Å². The molecule has 1 unspecified atom stereocenters. The number of alkyl halides is 1. The molecule has 2 N–H and O–H groups in total. The summed E-state index contributed by atoms with van der Waals surface area (Å²) in [4.78, 5) is 23.1. The van der Waals surface area contributed by atoms with Crippen molar-refractivity contribution in [1.82, 2.24) is 0 Å².